The number of hydrazone groups is 1. The predicted octanol–water partition coefficient (Wildman–Crippen LogP) is 4.80. The van der Waals surface area contributed by atoms with Crippen LogP contribution in [0.4, 0.5) is 0 Å². The van der Waals surface area contributed by atoms with E-state index in [1.54, 1.807) is 6.07 Å². The van der Waals surface area contributed by atoms with Gasteiger partial charge in [-0.1, -0.05) is 28.1 Å². The number of nitrogens with one attached hydrogen (secondary N) is 1. The van der Waals surface area contributed by atoms with E-state index < -0.39 is 0 Å². The molecule has 0 bridgehead atoms. The number of ether oxygens (including phenoxy) is 1. The summed E-state index contributed by atoms with van der Waals surface area (Å²) in [4.78, 5) is 11.8. The number of rotatable bonds is 5. The maximum Gasteiger partial charge on any atom is 0.277 e. The first-order chi connectivity index (χ1) is 12.0. The molecule has 0 spiro atoms. The van der Waals surface area contributed by atoms with Crippen LogP contribution < -0.4 is 10.2 Å². The maximum atomic E-state index is 11.8. The van der Waals surface area contributed by atoms with E-state index in [9.17, 15) is 4.79 Å². The van der Waals surface area contributed by atoms with Crippen LogP contribution >= 0.6 is 31.9 Å². The molecule has 1 N–H and O–H groups in total. The topological polar surface area (TPSA) is 63.8 Å². The fourth-order valence-corrected chi connectivity index (χ4v) is 3.21. The van der Waals surface area contributed by atoms with Gasteiger partial charge in [0.1, 0.15) is 17.3 Å². The average Bonchev–Trinajstić information content (AvgIpc) is 2.99. The fourth-order valence-electron chi connectivity index (χ4n) is 2.22. The lowest BCUT2D eigenvalue weighted by atomic mass is 10.1. The first-order valence-electron chi connectivity index (χ1n) is 7.42. The van der Waals surface area contributed by atoms with Crippen molar-refractivity contribution < 1.29 is 13.9 Å². The molecule has 0 saturated carbocycles. The number of benzene rings is 2. The zero-order valence-electron chi connectivity index (χ0n) is 13.3. The molecule has 3 rings (SSSR count). The molecular weight excluding hydrogens is 452 g/mol. The van der Waals surface area contributed by atoms with Gasteiger partial charge in [-0.2, -0.15) is 5.10 Å². The summed E-state index contributed by atoms with van der Waals surface area (Å²) in [5.41, 5.74) is 2.40. The first kappa shape index (κ1) is 17.7. The van der Waals surface area contributed by atoms with Crippen LogP contribution in [0.25, 0.3) is 10.8 Å². The smallest absolute Gasteiger partial charge is 0.277 e. The predicted molar refractivity (Wildman–Crippen MR) is 104 cm³/mol. The minimum atomic E-state index is -0.359. The van der Waals surface area contributed by atoms with Gasteiger partial charge in [0, 0.05) is 4.47 Å². The first-order valence-corrected chi connectivity index (χ1v) is 9.00. The van der Waals surface area contributed by atoms with Gasteiger partial charge in [0.25, 0.3) is 5.91 Å². The molecule has 0 unspecified atom stereocenters. The molecule has 1 amide bonds. The van der Waals surface area contributed by atoms with Gasteiger partial charge in [-0.15, -0.1) is 0 Å². The molecule has 5 nitrogen and oxygen atoms in total. The largest absolute Gasteiger partial charge is 0.483 e. The lowest BCUT2D eigenvalue weighted by Crippen LogP contribution is -2.24. The number of furan rings is 1. The van der Waals surface area contributed by atoms with E-state index in [0.29, 0.717) is 11.5 Å². The third-order valence-corrected chi connectivity index (χ3v) is 4.69. The van der Waals surface area contributed by atoms with Crippen molar-refractivity contribution in [1.29, 1.82) is 0 Å². The molecule has 0 fully saturated rings. The molecule has 1 heterocycles. The van der Waals surface area contributed by atoms with E-state index in [1.807, 2.05) is 43.3 Å². The Hall–Kier alpha value is -2.12. The van der Waals surface area contributed by atoms with Crippen LogP contribution in [0, 0.1) is 6.92 Å². The van der Waals surface area contributed by atoms with E-state index in [1.165, 1.54) is 6.21 Å². The highest BCUT2D eigenvalue weighted by Crippen LogP contribution is 2.34. The zero-order chi connectivity index (χ0) is 17.8. The fraction of sp³-hybridized carbons (Fsp3) is 0.111. The average molecular weight is 466 g/mol. The Morgan fingerprint density at radius 1 is 1.24 bits per heavy atom. The summed E-state index contributed by atoms with van der Waals surface area (Å²) >= 11 is 6.98. The molecule has 3 aromatic rings. The normalized spacial score (nSPS) is 11.2. The number of halogens is 2. The Balaban J connectivity index is 1.60. The Bertz CT molecular complexity index is 951. The lowest BCUT2D eigenvalue weighted by Gasteiger charge is -2.10. The number of hydrogen-bond donors (Lipinski definition) is 1. The minimum Gasteiger partial charge on any atom is -0.483 e. The number of carbonyl (C=O) groups excluding carboxylic acids is 1. The van der Waals surface area contributed by atoms with Crippen molar-refractivity contribution in [2.24, 2.45) is 5.10 Å². The van der Waals surface area contributed by atoms with Crippen molar-refractivity contribution in [2.45, 2.75) is 6.92 Å². The third kappa shape index (κ3) is 4.49. The molecule has 1 aromatic heterocycles. The summed E-state index contributed by atoms with van der Waals surface area (Å²) in [5, 5.41) is 5.91. The monoisotopic (exact) mass is 464 g/mol. The van der Waals surface area contributed by atoms with Crippen LogP contribution in [0.1, 0.15) is 11.5 Å². The van der Waals surface area contributed by atoms with Gasteiger partial charge >= 0.3 is 0 Å². The van der Waals surface area contributed by atoms with Crippen LogP contribution in [-0.4, -0.2) is 18.7 Å². The lowest BCUT2D eigenvalue weighted by molar-refractivity contribution is -0.123. The van der Waals surface area contributed by atoms with Crippen LogP contribution in [0.2, 0.25) is 0 Å². The summed E-state index contributed by atoms with van der Waals surface area (Å²) in [6, 6.07) is 13.3. The van der Waals surface area contributed by atoms with Crippen molar-refractivity contribution in [3.05, 3.63) is 62.9 Å². The standard InChI is InChI=1S/C18H14Br2N2O3/c1-11-2-5-14(25-11)9-21-22-17(23)10-24-16-7-3-12-8-13(19)4-6-15(12)18(16)20/h2-9H,10H2,1H3,(H,22,23)/b21-9+. The highest BCUT2D eigenvalue weighted by Gasteiger charge is 2.09. The van der Waals surface area contributed by atoms with Gasteiger partial charge in [-0.25, -0.2) is 5.43 Å². The number of amides is 1. The Morgan fingerprint density at radius 3 is 2.84 bits per heavy atom. The number of nitrogens with zero attached hydrogens (tertiary/aromatic N) is 1. The molecule has 0 aliphatic rings. The molecule has 0 aliphatic carbocycles. The highest BCUT2D eigenvalue weighted by molar-refractivity contribution is 9.11. The number of aryl methyl sites for hydroxylation is 1. The SMILES string of the molecule is Cc1ccc(/C=N/NC(=O)COc2ccc3cc(Br)ccc3c2Br)o1. The van der Waals surface area contributed by atoms with Crippen LogP contribution in [-0.2, 0) is 4.79 Å². The quantitative estimate of drug-likeness (QED) is 0.435. The van der Waals surface area contributed by atoms with Gasteiger partial charge in [0.2, 0.25) is 0 Å². The van der Waals surface area contributed by atoms with Crippen molar-refractivity contribution in [2.75, 3.05) is 6.61 Å². The zero-order valence-corrected chi connectivity index (χ0v) is 16.4. The number of hydrogen-bond acceptors (Lipinski definition) is 4. The van der Waals surface area contributed by atoms with Gasteiger partial charge in [0.05, 0.1) is 10.7 Å². The molecule has 25 heavy (non-hydrogen) atoms. The van der Waals surface area contributed by atoms with E-state index >= 15 is 0 Å². The number of fused-ring (bicyclic) bond motifs is 1. The molecular formula is C18H14Br2N2O3. The summed E-state index contributed by atoms with van der Waals surface area (Å²) in [6.07, 6.45) is 1.44. The molecule has 0 aliphatic heterocycles. The summed E-state index contributed by atoms with van der Waals surface area (Å²) in [5.74, 6) is 1.59. The van der Waals surface area contributed by atoms with Gasteiger partial charge < -0.3 is 9.15 Å². The van der Waals surface area contributed by atoms with Crippen molar-refractivity contribution in [1.82, 2.24) is 5.43 Å². The highest BCUT2D eigenvalue weighted by atomic mass is 79.9. The van der Waals surface area contributed by atoms with E-state index in [0.717, 1.165) is 25.5 Å². The van der Waals surface area contributed by atoms with Crippen molar-refractivity contribution in [3.8, 4) is 5.75 Å². The Labute approximate surface area is 161 Å². The molecule has 128 valence electrons. The van der Waals surface area contributed by atoms with E-state index in [4.69, 9.17) is 9.15 Å². The molecule has 2 aromatic carbocycles. The summed E-state index contributed by atoms with van der Waals surface area (Å²) < 4.78 is 12.7. The van der Waals surface area contributed by atoms with Gasteiger partial charge in [-0.3, -0.25) is 4.79 Å². The Kier molecular flexibility index (Phi) is 5.55. The van der Waals surface area contributed by atoms with Crippen molar-refractivity contribution >= 4 is 54.8 Å². The molecule has 0 saturated heterocycles. The molecule has 0 radical (unpaired) electrons. The molecule has 0 atom stereocenters. The third-order valence-electron chi connectivity index (χ3n) is 3.38. The molecule has 7 heteroatoms. The maximum absolute atomic E-state index is 11.8. The van der Waals surface area contributed by atoms with E-state index in [-0.39, 0.29) is 12.5 Å². The second-order valence-electron chi connectivity index (χ2n) is 5.27. The number of carbonyl (C=O) groups is 1. The second kappa shape index (κ2) is 7.84. The van der Waals surface area contributed by atoms with Crippen LogP contribution in [0.5, 0.6) is 5.75 Å². The summed E-state index contributed by atoms with van der Waals surface area (Å²) in [7, 11) is 0. The minimum absolute atomic E-state index is 0.144. The van der Waals surface area contributed by atoms with E-state index in [2.05, 4.69) is 42.4 Å². The van der Waals surface area contributed by atoms with Gasteiger partial charge in [-0.05, 0) is 64.0 Å². The Morgan fingerprint density at radius 2 is 2.08 bits per heavy atom. The summed E-state index contributed by atoms with van der Waals surface area (Å²) in [6.45, 7) is 1.69. The van der Waals surface area contributed by atoms with Crippen molar-refractivity contribution in [3.63, 3.8) is 0 Å². The van der Waals surface area contributed by atoms with Gasteiger partial charge in [0.15, 0.2) is 6.61 Å². The second-order valence-corrected chi connectivity index (χ2v) is 6.98. The van der Waals surface area contributed by atoms with Crippen LogP contribution in [0.3, 0.4) is 0 Å². The van der Waals surface area contributed by atoms with Crippen LogP contribution in [0.15, 0.2) is 60.9 Å².